The molecule has 0 radical (unpaired) electrons. The predicted octanol–water partition coefficient (Wildman–Crippen LogP) is 3.06. The molecule has 1 aromatic carbocycles. The van der Waals surface area contributed by atoms with Crippen molar-refractivity contribution < 1.29 is 4.79 Å². The number of fused-ring (bicyclic) bond motifs is 1. The summed E-state index contributed by atoms with van der Waals surface area (Å²) in [5.41, 5.74) is 4.10. The lowest BCUT2D eigenvalue weighted by molar-refractivity contribution is -0.117. The van der Waals surface area contributed by atoms with Gasteiger partial charge in [0.1, 0.15) is 11.1 Å². The van der Waals surface area contributed by atoms with Crippen LogP contribution in [0.1, 0.15) is 22.9 Å². The van der Waals surface area contributed by atoms with E-state index in [1.807, 2.05) is 25.1 Å². The number of hydrogen-bond donors (Lipinski definition) is 2. The molecule has 0 aliphatic carbocycles. The van der Waals surface area contributed by atoms with E-state index in [0.717, 1.165) is 26.9 Å². The highest BCUT2D eigenvalue weighted by atomic mass is 32.2. The zero-order valence-corrected chi connectivity index (χ0v) is 13.0. The molecule has 1 aliphatic rings. The average Bonchev–Trinajstić information content (AvgIpc) is 2.71. The maximum atomic E-state index is 11.8. The standard InChI is InChI=1S/C16H17N3OS/c1-9-6-10(2)18-14(7-9)21-11-4-5-12-13(8-11)19-16(20)15(12)17-3/h4-8,15,17H,1-3H3,(H,19,20). The minimum Gasteiger partial charge on any atom is -0.324 e. The van der Waals surface area contributed by atoms with Crippen LogP contribution in [-0.2, 0) is 4.79 Å². The fourth-order valence-corrected chi connectivity index (χ4v) is 3.56. The highest BCUT2D eigenvalue weighted by molar-refractivity contribution is 7.99. The van der Waals surface area contributed by atoms with Crippen LogP contribution in [0.4, 0.5) is 5.69 Å². The Balaban J connectivity index is 1.88. The van der Waals surface area contributed by atoms with Gasteiger partial charge in [-0.2, -0.15) is 0 Å². The summed E-state index contributed by atoms with van der Waals surface area (Å²) in [4.78, 5) is 17.4. The van der Waals surface area contributed by atoms with Crippen LogP contribution >= 0.6 is 11.8 Å². The highest BCUT2D eigenvalue weighted by Gasteiger charge is 2.29. The Bertz CT molecular complexity index is 694. The van der Waals surface area contributed by atoms with Crippen molar-refractivity contribution in [2.24, 2.45) is 0 Å². The molecular weight excluding hydrogens is 282 g/mol. The van der Waals surface area contributed by atoms with Gasteiger partial charge in [-0.05, 0) is 50.7 Å². The fraction of sp³-hybridized carbons (Fsp3) is 0.250. The topological polar surface area (TPSA) is 54.0 Å². The van der Waals surface area contributed by atoms with Gasteiger partial charge in [-0.25, -0.2) is 4.98 Å². The number of benzene rings is 1. The summed E-state index contributed by atoms with van der Waals surface area (Å²) in [5.74, 6) is -0.000764. The number of anilines is 1. The number of likely N-dealkylation sites (N-methyl/N-ethyl adjacent to an activating group) is 1. The zero-order chi connectivity index (χ0) is 15.0. The lowest BCUT2D eigenvalue weighted by atomic mass is 10.1. The van der Waals surface area contributed by atoms with E-state index in [9.17, 15) is 4.79 Å². The first-order chi connectivity index (χ1) is 10.1. The first kappa shape index (κ1) is 14.1. The van der Waals surface area contributed by atoms with Crippen molar-refractivity contribution in [3.63, 3.8) is 0 Å². The van der Waals surface area contributed by atoms with E-state index in [-0.39, 0.29) is 11.9 Å². The fourth-order valence-electron chi connectivity index (χ4n) is 2.57. The number of aromatic nitrogens is 1. The first-order valence-corrected chi connectivity index (χ1v) is 7.63. The summed E-state index contributed by atoms with van der Waals surface area (Å²) in [6, 6.07) is 9.92. The lowest BCUT2D eigenvalue weighted by Crippen LogP contribution is -2.23. The number of rotatable bonds is 3. The van der Waals surface area contributed by atoms with E-state index in [4.69, 9.17) is 0 Å². The van der Waals surface area contributed by atoms with Crippen molar-refractivity contribution in [3.8, 4) is 0 Å². The molecule has 3 rings (SSSR count). The molecule has 0 saturated carbocycles. The van der Waals surface area contributed by atoms with Gasteiger partial charge in [0.2, 0.25) is 5.91 Å². The second kappa shape index (κ2) is 5.50. The van der Waals surface area contributed by atoms with Gasteiger partial charge in [-0.3, -0.25) is 4.79 Å². The molecule has 0 spiro atoms. The van der Waals surface area contributed by atoms with Gasteiger partial charge in [-0.1, -0.05) is 17.8 Å². The Morgan fingerprint density at radius 1 is 1.24 bits per heavy atom. The van der Waals surface area contributed by atoms with Gasteiger partial charge in [0, 0.05) is 21.8 Å². The number of aryl methyl sites for hydroxylation is 2. The van der Waals surface area contributed by atoms with Crippen molar-refractivity contribution >= 4 is 23.4 Å². The second-order valence-corrected chi connectivity index (χ2v) is 6.28. The number of nitrogens with zero attached hydrogens (tertiary/aromatic N) is 1. The smallest absolute Gasteiger partial charge is 0.246 e. The quantitative estimate of drug-likeness (QED) is 0.914. The Kier molecular flexibility index (Phi) is 3.69. The van der Waals surface area contributed by atoms with Crippen LogP contribution in [-0.4, -0.2) is 17.9 Å². The normalized spacial score (nSPS) is 16.7. The molecular formula is C16H17N3OS. The molecule has 1 amide bonds. The largest absolute Gasteiger partial charge is 0.324 e. The van der Waals surface area contributed by atoms with Crippen LogP contribution in [0.15, 0.2) is 40.3 Å². The van der Waals surface area contributed by atoms with Crippen molar-refractivity contribution in [2.75, 3.05) is 12.4 Å². The minimum atomic E-state index is -0.251. The number of amides is 1. The summed E-state index contributed by atoms with van der Waals surface area (Å²) in [6.07, 6.45) is 0. The molecule has 2 N–H and O–H groups in total. The molecule has 5 heteroatoms. The number of carbonyl (C=O) groups excluding carboxylic acids is 1. The van der Waals surface area contributed by atoms with Crippen LogP contribution in [0.2, 0.25) is 0 Å². The zero-order valence-electron chi connectivity index (χ0n) is 12.2. The third kappa shape index (κ3) is 2.80. The van der Waals surface area contributed by atoms with Crippen molar-refractivity contribution in [1.82, 2.24) is 10.3 Å². The third-order valence-electron chi connectivity index (χ3n) is 3.44. The maximum Gasteiger partial charge on any atom is 0.246 e. The molecule has 1 atom stereocenters. The number of carbonyl (C=O) groups is 1. The summed E-state index contributed by atoms with van der Waals surface area (Å²) in [7, 11) is 1.79. The Morgan fingerprint density at radius 2 is 2.05 bits per heavy atom. The third-order valence-corrected chi connectivity index (χ3v) is 4.35. The van der Waals surface area contributed by atoms with E-state index < -0.39 is 0 Å². The monoisotopic (exact) mass is 299 g/mol. The van der Waals surface area contributed by atoms with Crippen LogP contribution < -0.4 is 10.6 Å². The molecule has 108 valence electrons. The van der Waals surface area contributed by atoms with E-state index in [1.165, 1.54) is 5.56 Å². The second-order valence-electron chi connectivity index (χ2n) is 5.19. The van der Waals surface area contributed by atoms with Gasteiger partial charge in [-0.15, -0.1) is 0 Å². The molecule has 0 bridgehead atoms. The first-order valence-electron chi connectivity index (χ1n) is 6.82. The van der Waals surface area contributed by atoms with Crippen LogP contribution in [0, 0.1) is 13.8 Å². The summed E-state index contributed by atoms with van der Waals surface area (Å²) < 4.78 is 0. The molecule has 2 heterocycles. The molecule has 1 aliphatic heterocycles. The predicted molar refractivity (Wildman–Crippen MR) is 84.7 cm³/mol. The number of pyridine rings is 1. The van der Waals surface area contributed by atoms with Crippen LogP contribution in [0.5, 0.6) is 0 Å². The van der Waals surface area contributed by atoms with Crippen LogP contribution in [0.3, 0.4) is 0 Å². The van der Waals surface area contributed by atoms with Crippen molar-refractivity contribution in [3.05, 3.63) is 47.2 Å². The van der Waals surface area contributed by atoms with Crippen LogP contribution in [0.25, 0.3) is 0 Å². The summed E-state index contributed by atoms with van der Waals surface area (Å²) in [6.45, 7) is 4.07. The molecule has 0 saturated heterocycles. The molecule has 1 aromatic heterocycles. The average molecular weight is 299 g/mol. The minimum absolute atomic E-state index is 0.000764. The van der Waals surface area contributed by atoms with Gasteiger partial charge in [0.25, 0.3) is 0 Å². The SMILES string of the molecule is CNC1C(=O)Nc2cc(Sc3cc(C)cc(C)n3)ccc21. The van der Waals surface area contributed by atoms with E-state index in [1.54, 1.807) is 18.8 Å². The highest BCUT2D eigenvalue weighted by Crippen LogP contribution is 2.36. The molecule has 0 fully saturated rings. The van der Waals surface area contributed by atoms with Gasteiger partial charge in [0.15, 0.2) is 0 Å². The Hall–Kier alpha value is -1.85. The molecule has 21 heavy (non-hydrogen) atoms. The van der Waals surface area contributed by atoms with Gasteiger partial charge < -0.3 is 10.6 Å². The maximum absolute atomic E-state index is 11.8. The lowest BCUT2D eigenvalue weighted by Gasteiger charge is -2.08. The van der Waals surface area contributed by atoms with E-state index in [0.29, 0.717) is 0 Å². The van der Waals surface area contributed by atoms with Crippen molar-refractivity contribution in [2.45, 2.75) is 29.8 Å². The molecule has 2 aromatic rings. The number of nitrogens with one attached hydrogen (secondary N) is 2. The molecule has 4 nitrogen and oxygen atoms in total. The van der Waals surface area contributed by atoms with E-state index >= 15 is 0 Å². The summed E-state index contributed by atoms with van der Waals surface area (Å²) >= 11 is 1.61. The Labute approximate surface area is 128 Å². The van der Waals surface area contributed by atoms with E-state index in [2.05, 4.69) is 34.7 Å². The van der Waals surface area contributed by atoms with Gasteiger partial charge >= 0.3 is 0 Å². The molecule has 1 unspecified atom stereocenters. The van der Waals surface area contributed by atoms with Crippen molar-refractivity contribution in [1.29, 1.82) is 0 Å². The Morgan fingerprint density at radius 3 is 2.76 bits per heavy atom. The summed E-state index contributed by atoms with van der Waals surface area (Å²) in [5, 5.41) is 6.91. The van der Waals surface area contributed by atoms with Gasteiger partial charge in [0.05, 0.1) is 0 Å². The number of hydrogen-bond acceptors (Lipinski definition) is 4.